The van der Waals surface area contributed by atoms with Gasteiger partial charge in [-0.1, -0.05) is 48.1 Å². The standard InChI is InChI=1S/C15H22/c1-2-3-4-5-6-7-9-12-15-13-10-8-11-14-15/h2-7,13H,8-12,14H2,1H3/b3-2+,5-4+,7-6-. The van der Waals surface area contributed by atoms with Gasteiger partial charge in [-0.05, 0) is 45.4 Å². The summed E-state index contributed by atoms with van der Waals surface area (Å²) in [4.78, 5) is 0. The Bertz CT molecular complexity index is 264. The molecule has 1 aliphatic rings. The molecule has 0 unspecified atom stereocenters. The predicted octanol–water partition coefficient (Wildman–Crippen LogP) is 4.96. The molecule has 15 heavy (non-hydrogen) atoms. The predicted molar refractivity (Wildman–Crippen MR) is 68.9 cm³/mol. The van der Waals surface area contributed by atoms with E-state index in [4.69, 9.17) is 0 Å². The van der Waals surface area contributed by atoms with Crippen LogP contribution in [0, 0.1) is 0 Å². The summed E-state index contributed by atoms with van der Waals surface area (Å²) in [5, 5.41) is 0. The summed E-state index contributed by atoms with van der Waals surface area (Å²) >= 11 is 0. The van der Waals surface area contributed by atoms with Crippen LogP contribution in [0.2, 0.25) is 0 Å². The van der Waals surface area contributed by atoms with Crippen LogP contribution in [0.3, 0.4) is 0 Å². The molecule has 0 N–H and O–H groups in total. The molecular weight excluding hydrogens is 180 g/mol. The lowest BCUT2D eigenvalue weighted by atomic mass is 9.96. The van der Waals surface area contributed by atoms with E-state index in [0.717, 1.165) is 0 Å². The fourth-order valence-corrected chi connectivity index (χ4v) is 1.81. The van der Waals surface area contributed by atoms with Crippen molar-refractivity contribution in [2.75, 3.05) is 0 Å². The van der Waals surface area contributed by atoms with Gasteiger partial charge in [0.05, 0.1) is 0 Å². The molecule has 0 bridgehead atoms. The van der Waals surface area contributed by atoms with Crippen molar-refractivity contribution >= 4 is 0 Å². The van der Waals surface area contributed by atoms with Gasteiger partial charge in [-0.2, -0.15) is 0 Å². The average Bonchev–Trinajstić information content (AvgIpc) is 2.29. The number of rotatable bonds is 5. The lowest BCUT2D eigenvalue weighted by molar-refractivity contribution is 0.676. The Labute approximate surface area is 94.1 Å². The molecule has 82 valence electrons. The molecule has 1 rings (SSSR count). The van der Waals surface area contributed by atoms with E-state index in [-0.39, 0.29) is 0 Å². The van der Waals surface area contributed by atoms with Crippen molar-refractivity contribution < 1.29 is 0 Å². The van der Waals surface area contributed by atoms with Crippen LogP contribution in [0.15, 0.2) is 48.1 Å². The molecule has 0 saturated carbocycles. The van der Waals surface area contributed by atoms with Gasteiger partial charge in [0.1, 0.15) is 0 Å². The average molecular weight is 202 g/mol. The van der Waals surface area contributed by atoms with Crippen LogP contribution >= 0.6 is 0 Å². The van der Waals surface area contributed by atoms with E-state index < -0.39 is 0 Å². The summed E-state index contributed by atoms with van der Waals surface area (Å²) in [7, 11) is 0. The zero-order chi connectivity index (χ0) is 10.8. The third-order valence-electron chi connectivity index (χ3n) is 2.68. The molecule has 0 aromatic carbocycles. The maximum Gasteiger partial charge on any atom is -0.0285 e. The highest BCUT2D eigenvalue weighted by Gasteiger charge is 2.01. The largest absolute Gasteiger partial charge is 0.0877 e. The smallest absolute Gasteiger partial charge is 0.0285 e. The summed E-state index contributed by atoms with van der Waals surface area (Å²) in [6, 6.07) is 0. The molecule has 0 aromatic rings. The van der Waals surface area contributed by atoms with Crippen LogP contribution in [0.1, 0.15) is 45.4 Å². The van der Waals surface area contributed by atoms with Crippen molar-refractivity contribution in [1.29, 1.82) is 0 Å². The summed E-state index contributed by atoms with van der Waals surface area (Å²) in [6.07, 6.45) is 23.0. The Hall–Kier alpha value is -1.04. The second-order valence-corrected chi connectivity index (χ2v) is 3.99. The van der Waals surface area contributed by atoms with Crippen molar-refractivity contribution in [3.05, 3.63) is 48.1 Å². The molecule has 0 fully saturated rings. The fraction of sp³-hybridized carbons (Fsp3) is 0.467. The maximum atomic E-state index is 2.44. The molecule has 0 heterocycles. The van der Waals surface area contributed by atoms with Gasteiger partial charge in [0.25, 0.3) is 0 Å². The first-order chi connectivity index (χ1) is 7.43. The Morgan fingerprint density at radius 2 is 2.00 bits per heavy atom. The van der Waals surface area contributed by atoms with Crippen molar-refractivity contribution in [2.24, 2.45) is 0 Å². The third kappa shape index (κ3) is 6.11. The Kier molecular flexibility index (Phi) is 6.64. The molecule has 0 aromatic heterocycles. The number of hydrogen-bond donors (Lipinski definition) is 0. The second kappa shape index (κ2) is 8.28. The molecule has 0 saturated heterocycles. The molecule has 0 atom stereocenters. The first-order valence-corrected chi connectivity index (χ1v) is 6.06. The fourth-order valence-electron chi connectivity index (χ4n) is 1.81. The first-order valence-electron chi connectivity index (χ1n) is 6.06. The van der Waals surface area contributed by atoms with E-state index in [1.165, 1.54) is 38.5 Å². The highest BCUT2D eigenvalue weighted by Crippen LogP contribution is 2.21. The molecule has 0 nitrogen and oxygen atoms in total. The van der Waals surface area contributed by atoms with Gasteiger partial charge in [0, 0.05) is 0 Å². The van der Waals surface area contributed by atoms with Crippen LogP contribution in [0.4, 0.5) is 0 Å². The van der Waals surface area contributed by atoms with E-state index >= 15 is 0 Å². The molecular formula is C15H22. The zero-order valence-corrected chi connectivity index (χ0v) is 9.78. The van der Waals surface area contributed by atoms with Crippen molar-refractivity contribution in [2.45, 2.75) is 45.4 Å². The molecule has 0 amide bonds. The minimum atomic E-state index is 1.19. The quantitative estimate of drug-likeness (QED) is 0.437. The van der Waals surface area contributed by atoms with E-state index in [2.05, 4.69) is 30.4 Å². The molecule has 0 heteroatoms. The van der Waals surface area contributed by atoms with Crippen LogP contribution in [-0.4, -0.2) is 0 Å². The van der Waals surface area contributed by atoms with E-state index in [1.807, 2.05) is 19.1 Å². The maximum absolute atomic E-state index is 2.44. The topological polar surface area (TPSA) is 0 Å². The minimum absolute atomic E-state index is 1.19. The highest BCUT2D eigenvalue weighted by atomic mass is 14.1. The van der Waals surface area contributed by atoms with Crippen molar-refractivity contribution in [3.63, 3.8) is 0 Å². The van der Waals surface area contributed by atoms with Gasteiger partial charge in [0.2, 0.25) is 0 Å². The summed E-state index contributed by atoms with van der Waals surface area (Å²) in [5.74, 6) is 0. The van der Waals surface area contributed by atoms with Crippen molar-refractivity contribution in [1.82, 2.24) is 0 Å². The van der Waals surface area contributed by atoms with Gasteiger partial charge < -0.3 is 0 Å². The van der Waals surface area contributed by atoms with Gasteiger partial charge in [0.15, 0.2) is 0 Å². The zero-order valence-electron chi connectivity index (χ0n) is 9.78. The van der Waals surface area contributed by atoms with Gasteiger partial charge in [-0.15, -0.1) is 0 Å². The monoisotopic (exact) mass is 202 g/mol. The Balaban J connectivity index is 2.12. The number of allylic oxidation sites excluding steroid dienone is 8. The molecule has 0 radical (unpaired) electrons. The van der Waals surface area contributed by atoms with Crippen LogP contribution in [0.25, 0.3) is 0 Å². The molecule has 0 spiro atoms. The van der Waals surface area contributed by atoms with Gasteiger partial charge >= 0.3 is 0 Å². The number of hydrogen-bond acceptors (Lipinski definition) is 0. The van der Waals surface area contributed by atoms with Crippen molar-refractivity contribution in [3.8, 4) is 0 Å². The lowest BCUT2D eigenvalue weighted by Gasteiger charge is -2.10. The molecule has 1 aliphatic carbocycles. The third-order valence-corrected chi connectivity index (χ3v) is 2.68. The highest BCUT2D eigenvalue weighted by molar-refractivity contribution is 5.12. The molecule has 0 aliphatic heterocycles. The van der Waals surface area contributed by atoms with E-state index in [0.29, 0.717) is 0 Å². The van der Waals surface area contributed by atoms with E-state index in [9.17, 15) is 0 Å². The minimum Gasteiger partial charge on any atom is -0.0877 e. The Morgan fingerprint density at radius 1 is 1.13 bits per heavy atom. The van der Waals surface area contributed by atoms with Gasteiger partial charge in [-0.3, -0.25) is 0 Å². The van der Waals surface area contributed by atoms with Crippen LogP contribution < -0.4 is 0 Å². The SMILES string of the molecule is C/C=C/C=C/C=C\CCC1=CCCCC1. The van der Waals surface area contributed by atoms with E-state index in [1.54, 1.807) is 5.57 Å². The second-order valence-electron chi connectivity index (χ2n) is 3.99. The first kappa shape index (κ1) is 12.0. The van der Waals surface area contributed by atoms with Crippen LogP contribution in [-0.2, 0) is 0 Å². The summed E-state index contributed by atoms with van der Waals surface area (Å²) in [6.45, 7) is 2.03. The Morgan fingerprint density at radius 3 is 2.73 bits per heavy atom. The van der Waals surface area contributed by atoms with Crippen LogP contribution in [0.5, 0.6) is 0 Å². The summed E-state index contributed by atoms with van der Waals surface area (Å²) in [5.41, 5.74) is 1.67. The lowest BCUT2D eigenvalue weighted by Crippen LogP contribution is -1.90. The normalized spacial score (nSPS) is 18.1. The summed E-state index contributed by atoms with van der Waals surface area (Å²) < 4.78 is 0. The van der Waals surface area contributed by atoms with Gasteiger partial charge in [-0.25, -0.2) is 0 Å².